The van der Waals surface area contributed by atoms with Crippen LogP contribution < -0.4 is 10.1 Å². The molecule has 1 saturated carbocycles. The fourth-order valence-electron chi connectivity index (χ4n) is 3.23. The van der Waals surface area contributed by atoms with Gasteiger partial charge in [-0.2, -0.15) is 0 Å². The van der Waals surface area contributed by atoms with E-state index < -0.39 is 0 Å². The van der Waals surface area contributed by atoms with Crippen molar-refractivity contribution in [1.29, 1.82) is 0 Å². The van der Waals surface area contributed by atoms with Crippen LogP contribution >= 0.6 is 23.4 Å². The van der Waals surface area contributed by atoms with E-state index >= 15 is 0 Å². The highest BCUT2D eigenvalue weighted by atomic mass is 35.5. The maximum absolute atomic E-state index is 12.6. The molecule has 1 aliphatic rings. The zero-order valence-corrected chi connectivity index (χ0v) is 17.9. The molecule has 8 heteroatoms. The van der Waals surface area contributed by atoms with Crippen LogP contribution in [-0.2, 0) is 18.4 Å². The van der Waals surface area contributed by atoms with Gasteiger partial charge in [-0.25, -0.2) is 0 Å². The van der Waals surface area contributed by atoms with E-state index in [0.717, 1.165) is 12.8 Å². The predicted octanol–water partition coefficient (Wildman–Crippen LogP) is 4.37. The van der Waals surface area contributed by atoms with Gasteiger partial charge in [0, 0.05) is 13.1 Å². The van der Waals surface area contributed by atoms with Crippen LogP contribution in [0.3, 0.4) is 0 Å². The Hall–Kier alpha value is -1.73. The van der Waals surface area contributed by atoms with Gasteiger partial charge < -0.3 is 14.6 Å². The van der Waals surface area contributed by atoms with E-state index in [0.29, 0.717) is 27.8 Å². The lowest BCUT2D eigenvalue weighted by Gasteiger charge is -2.19. The van der Waals surface area contributed by atoms with Crippen molar-refractivity contribution < 1.29 is 9.53 Å². The van der Waals surface area contributed by atoms with E-state index in [9.17, 15) is 4.79 Å². The number of carbonyl (C=O) groups is 1. The second kappa shape index (κ2) is 10.2. The van der Waals surface area contributed by atoms with Gasteiger partial charge in [-0.15, -0.1) is 10.2 Å². The Labute approximate surface area is 175 Å². The minimum Gasteiger partial charge on any atom is -0.484 e. The van der Waals surface area contributed by atoms with E-state index in [1.165, 1.54) is 37.4 Å². The van der Waals surface area contributed by atoms with Gasteiger partial charge in [-0.1, -0.05) is 61.2 Å². The molecule has 3 rings (SSSR count). The largest absolute Gasteiger partial charge is 0.484 e. The Morgan fingerprint density at radius 1 is 1.29 bits per heavy atom. The van der Waals surface area contributed by atoms with Crippen molar-refractivity contribution in [1.82, 2.24) is 20.1 Å². The quantitative estimate of drug-likeness (QED) is 0.530. The molecule has 1 amide bonds. The van der Waals surface area contributed by atoms with Crippen LogP contribution in [0.15, 0.2) is 29.4 Å². The maximum atomic E-state index is 12.6. The van der Waals surface area contributed by atoms with E-state index in [2.05, 4.69) is 15.5 Å². The molecule has 1 aliphatic carbocycles. The van der Waals surface area contributed by atoms with Gasteiger partial charge in [-0.3, -0.25) is 4.79 Å². The van der Waals surface area contributed by atoms with Crippen LogP contribution in [0, 0.1) is 0 Å². The maximum Gasteiger partial charge on any atom is 0.233 e. The summed E-state index contributed by atoms with van der Waals surface area (Å²) in [5.74, 6) is 1.35. The lowest BCUT2D eigenvalue weighted by molar-refractivity contribution is -0.121. The fraction of sp³-hybridized carbons (Fsp3) is 0.550. The summed E-state index contributed by atoms with van der Waals surface area (Å²) in [6.07, 6.45) is 7.10. The van der Waals surface area contributed by atoms with Crippen molar-refractivity contribution in [3.63, 3.8) is 0 Å². The second-order valence-corrected chi connectivity index (χ2v) is 8.85. The van der Waals surface area contributed by atoms with Crippen molar-refractivity contribution in [3.8, 4) is 5.75 Å². The lowest BCUT2D eigenvalue weighted by Crippen LogP contribution is -2.39. The van der Waals surface area contributed by atoms with Crippen molar-refractivity contribution in [3.05, 3.63) is 35.1 Å². The van der Waals surface area contributed by atoms with E-state index in [-0.39, 0.29) is 17.8 Å². The molecular formula is C20H27ClN4O2S. The van der Waals surface area contributed by atoms with Crippen LogP contribution in [0.1, 0.15) is 51.3 Å². The SMILES string of the molecule is CC(Sc1nnc(COc2ccccc2Cl)n1C)C(=O)NC1CCCCCC1. The number of hydrogen-bond acceptors (Lipinski definition) is 5. The Morgan fingerprint density at radius 2 is 2.00 bits per heavy atom. The first kappa shape index (κ1) is 21.0. The molecule has 0 bridgehead atoms. The van der Waals surface area contributed by atoms with Crippen LogP contribution in [0.4, 0.5) is 0 Å². The minimum atomic E-state index is -0.233. The highest BCUT2D eigenvalue weighted by Gasteiger charge is 2.22. The molecule has 0 aliphatic heterocycles. The third-order valence-electron chi connectivity index (χ3n) is 4.97. The number of rotatable bonds is 7. The zero-order valence-electron chi connectivity index (χ0n) is 16.4. The van der Waals surface area contributed by atoms with Crippen LogP contribution in [0.2, 0.25) is 5.02 Å². The predicted molar refractivity (Wildman–Crippen MR) is 112 cm³/mol. The van der Waals surface area contributed by atoms with Crippen molar-refractivity contribution in [2.45, 2.75) is 68.5 Å². The number of nitrogens with one attached hydrogen (secondary N) is 1. The molecule has 0 spiro atoms. The third kappa shape index (κ3) is 5.64. The number of ether oxygens (including phenoxy) is 1. The minimum absolute atomic E-state index is 0.0637. The highest BCUT2D eigenvalue weighted by Crippen LogP contribution is 2.26. The van der Waals surface area contributed by atoms with Crippen LogP contribution in [0.25, 0.3) is 0 Å². The summed E-state index contributed by atoms with van der Waals surface area (Å²) in [5.41, 5.74) is 0. The van der Waals surface area contributed by atoms with Gasteiger partial charge in [0.25, 0.3) is 0 Å². The number of aromatic nitrogens is 3. The van der Waals surface area contributed by atoms with Gasteiger partial charge >= 0.3 is 0 Å². The monoisotopic (exact) mass is 422 g/mol. The number of benzene rings is 1. The van der Waals surface area contributed by atoms with Gasteiger partial charge in [0.1, 0.15) is 12.4 Å². The van der Waals surface area contributed by atoms with Crippen molar-refractivity contribution in [2.24, 2.45) is 7.05 Å². The number of para-hydroxylation sites is 1. The van der Waals surface area contributed by atoms with E-state index in [1.54, 1.807) is 6.07 Å². The molecular weight excluding hydrogens is 396 g/mol. The number of amides is 1. The topological polar surface area (TPSA) is 69.0 Å². The first-order valence-corrected chi connectivity index (χ1v) is 11.0. The average Bonchev–Trinajstić information content (AvgIpc) is 2.87. The Kier molecular flexibility index (Phi) is 7.62. The van der Waals surface area contributed by atoms with Crippen LogP contribution in [0.5, 0.6) is 5.75 Å². The molecule has 2 aromatic rings. The average molecular weight is 423 g/mol. The van der Waals surface area contributed by atoms with Gasteiger partial charge in [0.05, 0.1) is 10.3 Å². The zero-order chi connectivity index (χ0) is 19.9. The summed E-state index contributed by atoms with van der Waals surface area (Å²) in [5, 5.41) is 12.6. The summed E-state index contributed by atoms with van der Waals surface area (Å²) < 4.78 is 7.60. The van der Waals surface area contributed by atoms with E-state index in [1.807, 2.05) is 36.7 Å². The first-order chi connectivity index (χ1) is 13.5. The third-order valence-corrected chi connectivity index (χ3v) is 6.42. The highest BCUT2D eigenvalue weighted by molar-refractivity contribution is 8.00. The van der Waals surface area contributed by atoms with Gasteiger partial charge in [-0.05, 0) is 31.9 Å². The van der Waals surface area contributed by atoms with Crippen molar-refractivity contribution >= 4 is 29.3 Å². The van der Waals surface area contributed by atoms with Crippen LogP contribution in [-0.4, -0.2) is 32.0 Å². The van der Waals surface area contributed by atoms with E-state index in [4.69, 9.17) is 16.3 Å². The number of thioether (sulfide) groups is 1. The summed E-state index contributed by atoms with van der Waals surface area (Å²) in [6, 6.07) is 7.62. The lowest BCUT2D eigenvalue weighted by atomic mass is 10.1. The number of carbonyl (C=O) groups excluding carboxylic acids is 1. The Balaban J connectivity index is 1.54. The summed E-state index contributed by atoms with van der Waals surface area (Å²) >= 11 is 7.53. The molecule has 1 N–H and O–H groups in total. The molecule has 152 valence electrons. The second-order valence-electron chi connectivity index (χ2n) is 7.13. The smallest absolute Gasteiger partial charge is 0.233 e. The molecule has 1 heterocycles. The van der Waals surface area contributed by atoms with Gasteiger partial charge in [0.2, 0.25) is 5.91 Å². The first-order valence-electron chi connectivity index (χ1n) is 9.77. The Morgan fingerprint density at radius 3 is 2.71 bits per heavy atom. The summed E-state index contributed by atoms with van der Waals surface area (Å²) in [6.45, 7) is 2.17. The number of halogens is 1. The molecule has 1 fully saturated rings. The molecule has 0 radical (unpaired) electrons. The molecule has 0 saturated heterocycles. The molecule has 28 heavy (non-hydrogen) atoms. The summed E-state index contributed by atoms with van der Waals surface area (Å²) in [7, 11) is 1.88. The number of hydrogen-bond donors (Lipinski definition) is 1. The van der Waals surface area contributed by atoms with Crippen molar-refractivity contribution in [2.75, 3.05) is 0 Å². The fourth-order valence-corrected chi connectivity index (χ4v) is 4.26. The summed E-state index contributed by atoms with van der Waals surface area (Å²) in [4.78, 5) is 12.6. The molecule has 1 atom stereocenters. The standard InChI is InChI=1S/C20H27ClN4O2S/c1-14(19(26)22-15-9-5-3-4-6-10-15)28-20-24-23-18(25(20)2)13-27-17-12-8-7-11-16(17)21/h7-8,11-12,14-15H,3-6,9-10,13H2,1-2H3,(H,22,26). The number of nitrogens with zero attached hydrogens (tertiary/aromatic N) is 3. The molecule has 1 unspecified atom stereocenters. The molecule has 1 aromatic carbocycles. The molecule has 6 nitrogen and oxygen atoms in total. The normalized spacial score (nSPS) is 16.4. The Bertz CT molecular complexity index is 790. The molecule has 1 aromatic heterocycles. The van der Waals surface area contributed by atoms with Gasteiger partial charge in [0.15, 0.2) is 11.0 Å².